The van der Waals surface area contributed by atoms with Crippen LogP contribution in [0.3, 0.4) is 0 Å². The molecule has 1 atom stereocenters. The molecule has 11 heteroatoms. The molecule has 35 heavy (non-hydrogen) atoms. The molecule has 0 saturated carbocycles. The number of hydrogen-bond acceptors (Lipinski definition) is 8. The standard InChI is InChI=1S/C22H25BrN6O2S.C2H6O/c1-28(2)32(30)20-6-4-3-5-19(20)26-21-18(23)15-24-22(27-21)25-16-7-9-17(10-8-16)29-11-13-31-14-12-29;1-3-2/h3-10,15H,11-14H2,1-2H3,(H2,24,25,26,27);1-2H3. The van der Waals surface area contributed by atoms with E-state index in [1.54, 1.807) is 38.8 Å². The number of ether oxygens (including phenoxy) is 2. The van der Waals surface area contributed by atoms with E-state index in [4.69, 9.17) is 4.74 Å². The number of halogens is 1. The van der Waals surface area contributed by atoms with Gasteiger partial charge in [0.25, 0.3) is 0 Å². The van der Waals surface area contributed by atoms with Gasteiger partial charge in [-0.2, -0.15) is 4.98 Å². The zero-order valence-corrected chi connectivity index (χ0v) is 22.7. The summed E-state index contributed by atoms with van der Waals surface area (Å²) in [5.41, 5.74) is 2.78. The first-order valence-electron chi connectivity index (χ1n) is 11.0. The van der Waals surface area contributed by atoms with E-state index in [0.717, 1.165) is 37.7 Å². The summed E-state index contributed by atoms with van der Waals surface area (Å²) < 4.78 is 24.7. The third-order valence-electron chi connectivity index (χ3n) is 4.90. The number of hydrogen-bond donors (Lipinski definition) is 2. The van der Waals surface area contributed by atoms with Crippen molar-refractivity contribution in [3.63, 3.8) is 0 Å². The second-order valence-corrected chi connectivity index (χ2v) is 10.3. The molecule has 9 nitrogen and oxygen atoms in total. The summed E-state index contributed by atoms with van der Waals surface area (Å²) in [5.74, 6) is 1.04. The van der Waals surface area contributed by atoms with Gasteiger partial charge in [0.1, 0.15) is 16.8 Å². The maximum absolute atomic E-state index is 12.6. The predicted molar refractivity (Wildman–Crippen MR) is 145 cm³/mol. The van der Waals surface area contributed by atoms with E-state index in [1.165, 1.54) is 5.69 Å². The van der Waals surface area contributed by atoms with Gasteiger partial charge in [-0.3, -0.25) is 0 Å². The number of anilines is 5. The minimum absolute atomic E-state index is 0.459. The largest absolute Gasteiger partial charge is 0.388 e. The fourth-order valence-corrected chi connectivity index (χ4v) is 4.45. The molecule has 1 saturated heterocycles. The summed E-state index contributed by atoms with van der Waals surface area (Å²) >= 11 is 3.50. The first-order valence-corrected chi connectivity index (χ1v) is 12.9. The molecule has 1 fully saturated rings. The van der Waals surface area contributed by atoms with Crippen LogP contribution >= 0.6 is 15.9 Å². The van der Waals surface area contributed by atoms with Crippen LogP contribution < -0.4 is 15.5 Å². The fraction of sp³-hybridized carbons (Fsp3) is 0.333. The molecule has 2 N–H and O–H groups in total. The Hall–Kier alpha value is -2.57. The molecule has 0 aliphatic carbocycles. The summed E-state index contributed by atoms with van der Waals surface area (Å²) in [4.78, 5) is 12.0. The molecule has 3 aromatic rings. The minimum Gasteiger partial charge on any atom is -0.388 e. The first-order chi connectivity index (χ1) is 16.9. The Labute approximate surface area is 217 Å². The van der Waals surface area contributed by atoms with Crippen molar-refractivity contribution in [2.45, 2.75) is 4.90 Å². The van der Waals surface area contributed by atoms with Gasteiger partial charge in [-0.25, -0.2) is 13.5 Å². The topological polar surface area (TPSA) is 91.9 Å². The van der Waals surface area contributed by atoms with Crippen molar-refractivity contribution < 1.29 is 13.7 Å². The second kappa shape index (κ2) is 13.5. The smallest absolute Gasteiger partial charge is 0.229 e. The van der Waals surface area contributed by atoms with Crippen molar-refractivity contribution in [2.75, 3.05) is 70.2 Å². The van der Waals surface area contributed by atoms with Crippen LogP contribution in [0, 0.1) is 0 Å². The molecule has 188 valence electrons. The van der Waals surface area contributed by atoms with Gasteiger partial charge < -0.3 is 25.0 Å². The summed E-state index contributed by atoms with van der Waals surface area (Å²) in [7, 11) is 5.52. The van der Waals surface area contributed by atoms with E-state index in [2.05, 4.69) is 58.3 Å². The summed E-state index contributed by atoms with van der Waals surface area (Å²) in [6.07, 6.45) is 1.69. The van der Waals surface area contributed by atoms with Crippen molar-refractivity contribution in [1.29, 1.82) is 0 Å². The van der Waals surface area contributed by atoms with Crippen LogP contribution in [-0.2, 0) is 20.5 Å². The zero-order valence-electron chi connectivity index (χ0n) is 20.3. The average molecular weight is 564 g/mol. The third kappa shape index (κ3) is 7.71. The average Bonchev–Trinajstić information content (AvgIpc) is 2.87. The molecule has 0 bridgehead atoms. The van der Waals surface area contributed by atoms with Gasteiger partial charge in [0.15, 0.2) is 0 Å². The van der Waals surface area contributed by atoms with E-state index in [0.29, 0.717) is 21.1 Å². The molecule has 1 unspecified atom stereocenters. The van der Waals surface area contributed by atoms with E-state index in [-0.39, 0.29) is 0 Å². The predicted octanol–water partition coefficient (Wildman–Crippen LogP) is 4.41. The van der Waals surface area contributed by atoms with Crippen molar-refractivity contribution >= 4 is 55.7 Å². The number of rotatable bonds is 7. The molecule has 0 spiro atoms. The Kier molecular flexibility index (Phi) is 10.4. The molecular formula is C24H31BrN6O3S. The zero-order chi connectivity index (χ0) is 25.2. The monoisotopic (exact) mass is 562 g/mol. The van der Waals surface area contributed by atoms with E-state index in [9.17, 15) is 4.21 Å². The molecular weight excluding hydrogens is 532 g/mol. The van der Waals surface area contributed by atoms with Gasteiger partial charge in [-0.15, -0.1) is 0 Å². The van der Waals surface area contributed by atoms with Crippen molar-refractivity contribution in [3.05, 3.63) is 59.2 Å². The lowest BCUT2D eigenvalue weighted by Gasteiger charge is -2.28. The molecule has 2 heterocycles. The molecule has 2 aromatic carbocycles. The first kappa shape index (κ1) is 27.0. The van der Waals surface area contributed by atoms with Gasteiger partial charge in [-0.05, 0) is 66.4 Å². The summed E-state index contributed by atoms with van der Waals surface area (Å²) in [6, 6.07) is 15.7. The quantitative estimate of drug-likeness (QED) is 0.437. The van der Waals surface area contributed by atoms with Crippen molar-refractivity contribution in [1.82, 2.24) is 14.3 Å². The number of para-hydroxylation sites is 1. The molecule has 4 rings (SSSR count). The number of methoxy groups -OCH3 is 1. The summed E-state index contributed by atoms with van der Waals surface area (Å²) in [6.45, 7) is 3.32. The molecule has 1 aliphatic heterocycles. The van der Waals surface area contributed by atoms with Crippen molar-refractivity contribution in [3.8, 4) is 0 Å². The lowest BCUT2D eigenvalue weighted by atomic mass is 10.2. The van der Waals surface area contributed by atoms with Crippen molar-refractivity contribution in [2.24, 2.45) is 0 Å². The Balaban J connectivity index is 0.00000108. The normalized spacial score (nSPS) is 14.2. The Morgan fingerprint density at radius 2 is 1.71 bits per heavy atom. The number of nitrogens with one attached hydrogen (secondary N) is 2. The number of morpholine rings is 1. The maximum atomic E-state index is 12.6. The maximum Gasteiger partial charge on any atom is 0.229 e. The van der Waals surface area contributed by atoms with Gasteiger partial charge >= 0.3 is 0 Å². The van der Waals surface area contributed by atoms with Gasteiger partial charge in [0.2, 0.25) is 5.95 Å². The van der Waals surface area contributed by atoms with Crippen LogP contribution in [0.25, 0.3) is 0 Å². The second-order valence-electron chi connectivity index (χ2n) is 7.75. The number of nitrogens with zero attached hydrogens (tertiary/aromatic N) is 4. The van der Waals surface area contributed by atoms with E-state index >= 15 is 0 Å². The van der Waals surface area contributed by atoms with Crippen LogP contribution in [0.1, 0.15) is 0 Å². The third-order valence-corrected chi connectivity index (χ3v) is 6.88. The molecule has 0 radical (unpaired) electrons. The molecule has 1 aliphatic rings. The van der Waals surface area contributed by atoms with Crippen LogP contribution in [0.15, 0.2) is 64.1 Å². The Morgan fingerprint density at radius 1 is 1.06 bits per heavy atom. The Morgan fingerprint density at radius 3 is 2.37 bits per heavy atom. The van der Waals surface area contributed by atoms with Crippen LogP contribution in [0.2, 0.25) is 0 Å². The molecule has 1 aromatic heterocycles. The Bertz CT molecular complexity index is 1110. The van der Waals surface area contributed by atoms with Crippen LogP contribution in [-0.4, -0.2) is 73.1 Å². The highest BCUT2D eigenvalue weighted by Gasteiger charge is 2.14. The summed E-state index contributed by atoms with van der Waals surface area (Å²) in [5, 5.41) is 6.53. The lowest BCUT2D eigenvalue weighted by molar-refractivity contribution is 0.122. The lowest BCUT2D eigenvalue weighted by Crippen LogP contribution is -2.36. The SMILES string of the molecule is CN(C)S(=O)c1ccccc1Nc1nc(Nc2ccc(N3CCOCC3)cc2)ncc1Br.COC. The number of benzene rings is 2. The highest BCUT2D eigenvalue weighted by Crippen LogP contribution is 2.29. The fourth-order valence-electron chi connectivity index (χ4n) is 3.27. The number of aromatic nitrogens is 2. The minimum atomic E-state index is -1.28. The van der Waals surface area contributed by atoms with Gasteiger partial charge in [0, 0.05) is 44.9 Å². The molecule has 0 amide bonds. The van der Waals surface area contributed by atoms with Crippen LogP contribution in [0.4, 0.5) is 28.8 Å². The van der Waals surface area contributed by atoms with Gasteiger partial charge in [0.05, 0.1) is 28.3 Å². The highest BCUT2D eigenvalue weighted by molar-refractivity contribution is 9.10. The van der Waals surface area contributed by atoms with E-state index in [1.807, 2.05) is 36.4 Å². The van der Waals surface area contributed by atoms with Gasteiger partial charge in [-0.1, -0.05) is 12.1 Å². The van der Waals surface area contributed by atoms with Crippen LogP contribution in [0.5, 0.6) is 0 Å². The highest BCUT2D eigenvalue weighted by atomic mass is 79.9. The van der Waals surface area contributed by atoms with E-state index < -0.39 is 11.0 Å².